The monoisotopic (exact) mass is 366 g/mol. The van der Waals surface area contributed by atoms with Crippen molar-refractivity contribution >= 4 is 29.0 Å². The lowest BCUT2D eigenvalue weighted by Gasteiger charge is -2.10. The molecule has 0 spiro atoms. The Morgan fingerprint density at radius 2 is 1.88 bits per heavy atom. The molecule has 3 rings (SSSR count). The van der Waals surface area contributed by atoms with Crippen LogP contribution in [-0.2, 0) is 6.42 Å². The fourth-order valence-electron chi connectivity index (χ4n) is 2.47. The molecule has 0 bridgehead atoms. The van der Waals surface area contributed by atoms with Gasteiger partial charge in [-0.25, -0.2) is 9.97 Å². The topological polar surface area (TPSA) is 66.9 Å². The minimum Gasteiger partial charge on any atom is -0.350 e. The van der Waals surface area contributed by atoms with Crippen molar-refractivity contribution in [3.05, 3.63) is 82.8 Å². The molecule has 6 heteroatoms. The van der Waals surface area contributed by atoms with Gasteiger partial charge in [0.05, 0.1) is 0 Å². The van der Waals surface area contributed by atoms with Gasteiger partial charge in [-0.1, -0.05) is 48.0 Å². The Morgan fingerprint density at radius 1 is 1.08 bits per heavy atom. The highest BCUT2D eigenvalue weighted by Crippen LogP contribution is 2.23. The van der Waals surface area contributed by atoms with Gasteiger partial charge in [-0.05, 0) is 36.6 Å². The van der Waals surface area contributed by atoms with E-state index in [-0.39, 0.29) is 5.91 Å². The van der Waals surface area contributed by atoms with Crippen molar-refractivity contribution in [3.8, 4) is 0 Å². The number of rotatable bonds is 6. The van der Waals surface area contributed by atoms with Gasteiger partial charge in [-0.3, -0.25) is 4.79 Å². The maximum Gasteiger partial charge on any atom is 0.270 e. The molecule has 0 radical (unpaired) electrons. The number of carbonyl (C=O) groups excluding carboxylic acids is 1. The molecule has 0 aliphatic carbocycles. The SMILES string of the molecule is Cc1ccc(Cl)cc1Nc1cc(C(=O)NCCc2ccccc2)ncn1. The second-order valence-corrected chi connectivity index (χ2v) is 6.30. The first-order valence-corrected chi connectivity index (χ1v) is 8.67. The summed E-state index contributed by atoms with van der Waals surface area (Å²) in [6.45, 7) is 2.51. The lowest BCUT2D eigenvalue weighted by molar-refractivity contribution is 0.0949. The Kier molecular flexibility index (Phi) is 5.81. The van der Waals surface area contributed by atoms with E-state index in [4.69, 9.17) is 11.6 Å². The zero-order chi connectivity index (χ0) is 18.4. The molecule has 0 aliphatic rings. The van der Waals surface area contributed by atoms with Gasteiger partial charge in [0, 0.05) is 23.3 Å². The predicted octanol–water partition coefficient (Wildman–Crippen LogP) is 4.15. The lowest BCUT2D eigenvalue weighted by atomic mass is 10.1. The van der Waals surface area contributed by atoms with Gasteiger partial charge in [0.25, 0.3) is 5.91 Å². The van der Waals surface area contributed by atoms with E-state index in [9.17, 15) is 4.79 Å². The summed E-state index contributed by atoms with van der Waals surface area (Å²) in [6, 6.07) is 17.2. The van der Waals surface area contributed by atoms with Crippen molar-refractivity contribution in [1.82, 2.24) is 15.3 Å². The minimum atomic E-state index is -0.228. The van der Waals surface area contributed by atoms with E-state index in [0.29, 0.717) is 23.1 Å². The van der Waals surface area contributed by atoms with Crippen LogP contribution in [0.2, 0.25) is 5.02 Å². The molecule has 2 aromatic carbocycles. The number of carbonyl (C=O) groups is 1. The Hall–Kier alpha value is -2.92. The molecule has 3 aromatic rings. The van der Waals surface area contributed by atoms with Crippen LogP contribution in [0.25, 0.3) is 0 Å². The molecule has 0 aliphatic heterocycles. The van der Waals surface area contributed by atoms with E-state index in [1.807, 2.05) is 55.5 Å². The predicted molar refractivity (Wildman–Crippen MR) is 104 cm³/mol. The van der Waals surface area contributed by atoms with Gasteiger partial charge < -0.3 is 10.6 Å². The molecule has 1 aromatic heterocycles. The number of hydrogen-bond donors (Lipinski definition) is 2. The van der Waals surface area contributed by atoms with Crippen molar-refractivity contribution in [1.29, 1.82) is 0 Å². The Balaban J connectivity index is 1.63. The second-order valence-electron chi connectivity index (χ2n) is 5.86. The van der Waals surface area contributed by atoms with Gasteiger partial charge in [0.15, 0.2) is 0 Å². The molecule has 0 saturated heterocycles. The van der Waals surface area contributed by atoms with Gasteiger partial charge in [0.1, 0.15) is 17.8 Å². The first-order valence-electron chi connectivity index (χ1n) is 8.29. The number of benzene rings is 2. The molecular weight excluding hydrogens is 348 g/mol. The molecule has 0 saturated carbocycles. The third-order valence-electron chi connectivity index (χ3n) is 3.90. The standard InChI is InChI=1S/C20H19ClN4O/c1-14-7-8-16(21)11-17(14)25-19-12-18(23-13-24-19)20(26)22-10-9-15-5-3-2-4-6-15/h2-8,11-13H,9-10H2,1H3,(H,22,26)(H,23,24,25). The Morgan fingerprint density at radius 3 is 2.69 bits per heavy atom. The zero-order valence-corrected chi connectivity index (χ0v) is 15.1. The third kappa shape index (κ3) is 4.80. The molecule has 0 unspecified atom stereocenters. The molecular formula is C20H19ClN4O. The molecule has 5 nitrogen and oxygen atoms in total. The van der Waals surface area contributed by atoms with Crippen LogP contribution in [0.1, 0.15) is 21.6 Å². The summed E-state index contributed by atoms with van der Waals surface area (Å²) in [4.78, 5) is 20.5. The smallest absolute Gasteiger partial charge is 0.270 e. The van der Waals surface area contributed by atoms with Crippen LogP contribution in [0.3, 0.4) is 0 Å². The van der Waals surface area contributed by atoms with Gasteiger partial charge in [-0.2, -0.15) is 0 Å². The van der Waals surface area contributed by atoms with E-state index >= 15 is 0 Å². The summed E-state index contributed by atoms with van der Waals surface area (Å²) in [5.74, 6) is 0.313. The summed E-state index contributed by atoms with van der Waals surface area (Å²) >= 11 is 6.04. The molecule has 26 heavy (non-hydrogen) atoms. The van der Waals surface area contributed by atoms with Gasteiger partial charge in [-0.15, -0.1) is 0 Å². The van der Waals surface area contributed by atoms with E-state index in [1.54, 1.807) is 6.07 Å². The molecule has 132 valence electrons. The van der Waals surface area contributed by atoms with Gasteiger partial charge in [0.2, 0.25) is 0 Å². The van der Waals surface area contributed by atoms with Crippen molar-refractivity contribution in [2.75, 3.05) is 11.9 Å². The van der Waals surface area contributed by atoms with E-state index < -0.39 is 0 Å². The maximum absolute atomic E-state index is 12.3. The highest BCUT2D eigenvalue weighted by molar-refractivity contribution is 6.30. The number of aromatic nitrogens is 2. The van der Waals surface area contributed by atoms with Crippen LogP contribution in [-0.4, -0.2) is 22.4 Å². The van der Waals surface area contributed by atoms with Crippen LogP contribution in [0, 0.1) is 6.92 Å². The highest BCUT2D eigenvalue weighted by Gasteiger charge is 2.09. The van der Waals surface area contributed by atoms with E-state index in [1.165, 1.54) is 11.9 Å². The summed E-state index contributed by atoms with van der Waals surface area (Å²) in [5, 5.41) is 6.69. The summed E-state index contributed by atoms with van der Waals surface area (Å²) in [7, 11) is 0. The molecule has 0 fully saturated rings. The fraction of sp³-hybridized carbons (Fsp3) is 0.150. The van der Waals surface area contributed by atoms with Crippen molar-refractivity contribution in [2.45, 2.75) is 13.3 Å². The van der Waals surface area contributed by atoms with Crippen LogP contribution in [0.15, 0.2) is 60.9 Å². The van der Waals surface area contributed by atoms with Crippen LogP contribution >= 0.6 is 11.6 Å². The first-order chi connectivity index (χ1) is 12.6. The van der Waals surface area contributed by atoms with Crippen LogP contribution in [0.5, 0.6) is 0 Å². The number of nitrogens with zero attached hydrogens (tertiary/aromatic N) is 2. The molecule has 0 atom stereocenters. The first kappa shape index (κ1) is 17.9. The lowest BCUT2D eigenvalue weighted by Crippen LogP contribution is -2.26. The summed E-state index contributed by atoms with van der Waals surface area (Å²) in [5.41, 5.74) is 3.36. The van der Waals surface area contributed by atoms with E-state index in [0.717, 1.165) is 17.7 Å². The number of nitrogens with one attached hydrogen (secondary N) is 2. The van der Waals surface area contributed by atoms with Crippen LogP contribution < -0.4 is 10.6 Å². The maximum atomic E-state index is 12.3. The average Bonchev–Trinajstić information content (AvgIpc) is 2.66. The summed E-state index contributed by atoms with van der Waals surface area (Å²) in [6.07, 6.45) is 2.14. The van der Waals surface area contributed by atoms with Crippen molar-refractivity contribution in [3.63, 3.8) is 0 Å². The zero-order valence-electron chi connectivity index (χ0n) is 14.4. The third-order valence-corrected chi connectivity index (χ3v) is 4.14. The number of halogens is 1. The molecule has 1 heterocycles. The average molecular weight is 367 g/mol. The normalized spacial score (nSPS) is 10.4. The largest absolute Gasteiger partial charge is 0.350 e. The summed E-state index contributed by atoms with van der Waals surface area (Å²) < 4.78 is 0. The van der Waals surface area contributed by atoms with Crippen LogP contribution in [0.4, 0.5) is 11.5 Å². The number of anilines is 2. The number of hydrogen-bond acceptors (Lipinski definition) is 4. The second kappa shape index (κ2) is 8.45. The van der Waals surface area contributed by atoms with E-state index in [2.05, 4.69) is 20.6 Å². The quantitative estimate of drug-likeness (QED) is 0.687. The Bertz CT molecular complexity index is 899. The fourth-order valence-corrected chi connectivity index (χ4v) is 2.64. The Labute approximate surface area is 157 Å². The molecule has 1 amide bonds. The van der Waals surface area contributed by atoms with Gasteiger partial charge >= 0.3 is 0 Å². The number of amides is 1. The van der Waals surface area contributed by atoms with Crippen molar-refractivity contribution < 1.29 is 4.79 Å². The van der Waals surface area contributed by atoms with Crippen molar-refractivity contribution in [2.24, 2.45) is 0 Å². The number of aryl methyl sites for hydroxylation is 1. The molecule has 2 N–H and O–H groups in total. The minimum absolute atomic E-state index is 0.228. The highest BCUT2D eigenvalue weighted by atomic mass is 35.5.